The number of nitrogens with zero attached hydrogens (tertiary/aromatic N) is 1. The van der Waals surface area contributed by atoms with Crippen LogP contribution in [-0.2, 0) is 16.1 Å². The van der Waals surface area contributed by atoms with Gasteiger partial charge >= 0.3 is 0 Å². The molecule has 3 rings (SSSR count). The van der Waals surface area contributed by atoms with E-state index >= 15 is 0 Å². The first-order valence-electron chi connectivity index (χ1n) is 7.54. The van der Waals surface area contributed by atoms with Gasteiger partial charge in [0.25, 0.3) is 0 Å². The number of rotatable bonds is 5. The summed E-state index contributed by atoms with van der Waals surface area (Å²) >= 11 is 6.60. The number of hydrogen-bond acceptors (Lipinski definition) is 4. The summed E-state index contributed by atoms with van der Waals surface area (Å²) in [6, 6.07) is 18.9. The minimum Gasteiger partial charge on any atom is -0.326 e. The molecule has 4 nitrogen and oxygen atoms in total. The van der Waals surface area contributed by atoms with E-state index in [-0.39, 0.29) is 18.2 Å². The number of anilines is 1. The van der Waals surface area contributed by atoms with Gasteiger partial charge in [0.05, 0.1) is 11.8 Å². The zero-order valence-corrected chi connectivity index (χ0v) is 14.5. The zero-order valence-electron chi connectivity index (χ0n) is 12.8. The molecule has 2 amide bonds. The molecule has 1 fully saturated rings. The lowest BCUT2D eigenvalue weighted by atomic mass is 10.2. The van der Waals surface area contributed by atoms with Crippen LogP contribution in [0.25, 0.3) is 0 Å². The Bertz CT molecular complexity index is 750. The maximum absolute atomic E-state index is 12.5. The number of nitrogens with one attached hydrogen (secondary N) is 1. The molecule has 1 unspecified atom stereocenters. The Balaban J connectivity index is 1.60. The Labute approximate surface area is 150 Å². The summed E-state index contributed by atoms with van der Waals surface area (Å²) in [5, 5.41) is 2.35. The molecule has 0 saturated carbocycles. The number of hydrogen-bond donors (Lipinski definition) is 1. The molecular weight excluding hydrogens is 340 g/mol. The summed E-state index contributed by atoms with van der Waals surface area (Å²) in [5.41, 5.74) is 1.74. The molecule has 24 heavy (non-hydrogen) atoms. The van der Waals surface area contributed by atoms with Crippen LogP contribution in [0.15, 0.2) is 60.7 Å². The third-order valence-corrected chi connectivity index (χ3v) is 5.20. The molecule has 1 saturated heterocycles. The average Bonchev–Trinajstić information content (AvgIpc) is 2.84. The highest BCUT2D eigenvalue weighted by Crippen LogP contribution is 2.31. The van der Waals surface area contributed by atoms with E-state index in [0.717, 1.165) is 11.3 Å². The van der Waals surface area contributed by atoms with E-state index in [1.807, 2.05) is 60.7 Å². The van der Waals surface area contributed by atoms with Gasteiger partial charge in [-0.1, -0.05) is 72.5 Å². The minimum absolute atomic E-state index is 0.0999. The fraction of sp³-hybridized carbons (Fsp3) is 0.167. The van der Waals surface area contributed by atoms with Gasteiger partial charge < -0.3 is 5.32 Å². The van der Waals surface area contributed by atoms with Gasteiger partial charge in [-0.3, -0.25) is 14.5 Å². The molecule has 6 heteroatoms. The van der Waals surface area contributed by atoms with E-state index in [0.29, 0.717) is 10.9 Å². The van der Waals surface area contributed by atoms with Gasteiger partial charge in [-0.25, -0.2) is 0 Å². The van der Waals surface area contributed by atoms with E-state index in [1.54, 1.807) is 4.90 Å². The van der Waals surface area contributed by atoms with Crippen LogP contribution in [0.2, 0.25) is 0 Å². The summed E-state index contributed by atoms with van der Waals surface area (Å²) in [5.74, 6) is -0.284. The van der Waals surface area contributed by atoms with Crippen LogP contribution in [0.1, 0.15) is 12.0 Å². The molecule has 1 atom stereocenters. The van der Waals surface area contributed by atoms with Crippen molar-refractivity contribution in [2.24, 2.45) is 0 Å². The fourth-order valence-corrected chi connectivity index (χ4v) is 3.93. The summed E-state index contributed by atoms with van der Waals surface area (Å²) in [6.07, 6.45) is 0.115. The maximum atomic E-state index is 12.5. The highest BCUT2D eigenvalue weighted by Gasteiger charge is 2.37. The lowest BCUT2D eigenvalue weighted by molar-refractivity contribution is -0.128. The van der Waals surface area contributed by atoms with Crippen LogP contribution in [0.3, 0.4) is 0 Å². The summed E-state index contributed by atoms with van der Waals surface area (Å²) in [4.78, 5) is 26.3. The van der Waals surface area contributed by atoms with Crippen LogP contribution < -0.4 is 5.32 Å². The van der Waals surface area contributed by atoms with Crippen LogP contribution in [0.5, 0.6) is 0 Å². The van der Waals surface area contributed by atoms with E-state index in [1.165, 1.54) is 11.8 Å². The van der Waals surface area contributed by atoms with Crippen LogP contribution in [0, 0.1) is 0 Å². The predicted octanol–water partition coefficient (Wildman–Crippen LogP) is 3.44. The molecule has 0 aliphatic carbocycles. The monoisotopic (exact) mass is 356 g/mol. The molecule has 0 aromatic heterocycles. The van der Waals surface area contributed by atoms with Crippen molar-refractivity contribution in [3.8, 4) is 0 Å². The smallest absolute Gasteiger partial charge is 0.242 e. The molecule has 1 heterocycles. The van der Waals surface area contributed by atoms with Gasteiger partial charge in [-0.05, 0) is 17.7 Å². The molecule has 0 bridgehead atoms. The second-order valence-electron chi connectivity index (χ2n) is 5.40. The second kappa shape index (κ2) is 7.59. The predicted molar refractivity (Wildman–Crippen MR) is 101 cm³/mol. The van der Waals surface area contributed by atoms with Crippen molar-refractivity contribution in [2.75, 3.05) is 5.32 Å². The van der Waals surface area contributed by atoms with Crippen LogP contribution in [-0.4, -0.2) is 26.3 Å². The first-order valence-corrected chi connectivity index (χ1v) is 8.83. The summed E-state index contributed by atoms with van der Waals surface area (Å²) < 4.78 is 0.529. The first-order chi connectivity index (χ1) is 11.6. The minimum atomic E-state index is -0.454. The lowest BCUT2D eigenvalue weighted by Crippen LogP contribution is -2.32. The van der Waals surface area contributed by atoms with Crippen LogP contribution in [0.4, 0.5) is 5.69 Å². The van der Waals surface area contributed by atoms with Gasteiger partial charge in [-0.2, -0.15) is 0 Å². The van der Waals surface area contributed by atoms with E-state index in [4.69, 9.17) is 12.2 Å². The van der Waals surface area contributed by atoms with Crippen molar-refractivity contribution < 1.29 is 9.59 Å². The highest BCUT2D eigenvalue weighted by molar-refractivity contribution is 8.24. The van der Waals surface area contributed by atoms with E-state index in [2.05, 4.69) is 5.32 Å². The maximum Gasteiger partial charge on any atom is 0.242 e. The Morgan fingerprint density at radius 3 is 2.38 bits per heavy atom. The molecule has 2 aromatic rings. The molecule has 1 N–H and O–H groups in total. The quantitative estimate of drug-likeness (QED) is 0.834. The van der Waals surface area contributed by atoms with Gasteiger partial charge in [-0.15, -0.1) is 0 Å². The van der Waals surface area contributed by atoms with Crippen molar-refractivity contribution in [1.29, 1.82) is 0 Å². The number of para-hydroxylation sites is 1. The van der Waals surface area contributed by atoms with Crippen molar-refractivity contribution in [2.45, 2.75) is 18.2 Å². The average molecular weight is 356 g/mol. The summed E-state index contributed by atoms with van der Waals surface area (Å²) in [6.45, 7) is 0.447. The van der Waals surface area contributed by atoms with Crippen molar-refractivity contribution in [3.05, 3.63) is 66.2 Å². The number of thioether (sulfide) groups is 1. The summed E-state index contributed by atoms with van der Waals surface area (Å²) in [7, 11) is 0. The van der Waals surface area contributed by atoms with Crippen molar-refractivity contribution in [1.82, 2.24) is 4.90 Å². The number of carbonyl (C=O) groups is 2. The SMILES string of the molecule is O=C(CC1SC(=S)N(Cc2ccccc2)C1=O)Nc1ccccc1. The number of carbonyl (C=O) groups excluding carboxylic acids is 2. The zero-order chi connectivity index (χ0) is 16.9. The molecule has 122 valence electrons. The Morgan fingerprint density at radius 2 is 1.71 bits per heavy atom. The van der Waals surface area contributed by atoms with Gasteiger partial charge in [0.2, 0.25) is 11.8 Å². The molecule has 1 aliphatic rings. The lowest BCUT2D eigenvalue weighted by Gasteiger charge is -2.15. The molecule has 1 aliphatic heterocycles. The normalized spacial score (nSPS) is 17.2. The third-order valence-electron chi connectivity index (χ3n) is 3.62. The van der Waals surface area contributed by atoms with E-state index in [9.17, 15) is 9.59 Å². The number of thiocarbonyl (C=S) groups is 1. The number of benzene rings is 2. The van der Waals surface area contributed by atoms with Gasteiger partial charge in [0.1, 0.15) is 4.32 Å². The molecule has 0 spiro atoms. The highest BCUT2D eigenvalue weighted by atomic mass is 32.2. The third kappa shape index (κ3) is 4.01. The van der Waals surface area contributed by atoms with Crippen molar-refractivity contribution in [3.63, 3.8) is 0 Å². The molecule has 2 aromatic carbocycles. The first kappa shape index (κ1) is 16.7. The Kier molecular flexibility index (Phi) is 5.27. The molecule has 0 radical (unpaired) electrons. The molecular formula is C18H16N2O2S2. The Hall–Kier alpha value is -2.18. The standard InChI is InChI=1S/C18H16N2O2S2/c21-16(19-14-9-5-2-6-10-14)11-15-17(22)20(18(23)24-15)12-13-7-3-1-4-8-13/h1-10,15H,11-12H2,(H,19,21). The van der Waals surface area contributed by atoms with E-state index < -0.39 is 5.25 Å². The topological polar surface area (TPSA) is 49.4 Å². The van der Waals surface area contributed by atoms with Crippen molar-refractivity contribution >= 4 is 45.8 Å². The Morgan fingerprint density at radius 1 is 1.08 bits per heavy atom. The number of amides is 2. The largest absolute Gasteiger partial charge is 0.326 e. The van der Waals surface area contributed by atoms with Gasteiger partial charge in [0.15, 0.2) is 0 Å². The van der Waals surface area contributed by atoms with Crippen LogP contribution >= 0.6 is 24.0 Å². The fourth-order valence-electron chi connectivity index (χ4n) is 2.44. The second-order valence-corrected chi connectivity index (χ2v) is 7.24. The van der Waals surface area contributed by atoms with Gasteiger partial charge in [0, 0.05) is 12.1 Å².